The molecule has 4 nitrogen and oxygen atoms in total. The molecule has 0 atom stereocenters. The number of carbonyl (C=O) groups excluding carboxylic acids is 2. The minimum absolute atomic E-state index is 0.0983. The highest BCUT2D eigenvalue weighted by molar-refractivity contribution is 5.92. The first kappa shape index (κ1) is 18.2. The number of hydrogen-bond acceptors (Lipinski definition) is 4. The summed E-state index contributed by atoms with van der Waals surface area (Å²) in [5.74, 6) is -0.732. The summed E-state index contributed by atoms with van der Waals surface area (Å²) in [6.45, 7) is 2.64. The van der Waals surface area contributed by atoms with Gasteiger partial charge in [-0.05, 0) is 18.1 Å². The van der Waals surface area contributed by atoms with Crippen molar-refractivity contribution in [1.82, 2.24) is 0 Å². The molecular formula is C18H26O4. The molecule has 0 spiro atoms. The van der Waals surface area contributed by atoms with Gasteiger partial charge in [-0.15, -0.1) is 0 Å². The van der Waals surface area contributed by atoms with Crippen LogP contribution in [0.2, 0.25) is 0 Å². The summed E-state index contributed by atoms with van der Waals surface area (Å²) in [5.41, 5.74) is 1.06. The van der Waals surface area contributed by atoms with Gasteiger partial charge in [0.1, 0.15) is 0 Å². The number of hydrogen-bond donors (Lipinski definition) is 0. The molecule has 0 aliphatic carbocycles. The zero-order valence-corrected chi connectivity index (χ0v) is 13.6. The van der Waals surface area contributed by atoms with Crippen LogP contribution in [0.3, 0.4) is 0 Å². The SMILES string of the molecule is CCCCCCCCOC(=O)Cc1ccccc1C(=O)OC. The van der Waals surface area contributed by atoms with Crippen LogP contribution < -0.4 is 0 Å². The lowest BCUT2D eigenvalue weighted by molar-refractivity contribution is -0.142. The lowest BCUT2D eigenvalue weighted by Gasteiger charge is -2.08. The molecule has 0 aliphatic heterocycles. The molecule has 1 rings (SSSR count). The van der Waals surface area contributed by atoms with Crippen molar-refractivity contribution in [3.05, 3.63) is 35.4 Å². The molecule has 1 aromatic rings. The largest absolute Gasteiger partial charge is 0.465 e. The van der Waals surface area contributed by atoms with Gasteiger partial charge in [-0.2, -0.15) is 0 Å². The van der Waals surface area contributed by atoms with Crippen LogP contribution in [0.15, 0.2) is 24.3 Å². The van der Waals surface area contributed by atoms with Gasteiger partial charge < -0.3 is 9.47 Å². The van der Waals surface area contributed by atoms with Crippen LogP contribution >= 0.6 is 0 Å². The standard InChI is InChI=1S/C18H26O4/c1-3-4-5-6-7-10-13-22-17(19)14-15-11-8-9-12-16(15)18(20)21-2/h8-9,11-12H,3-7,10,13-14H2,1-2H3. The third kappa shape index (κ3) is 6.74. The van der Waals surface area contributed by atoms with E-state index in [9.17, 15) is 9.59 Å². The average Bonchev–Trinajstić information content (AvgIpc) is 2.54. The summed E-state index contributed by atoms with van der Waals surface area (Å²) in [4.78, 5) is 23.5. The molecule has 0 radical (unpaired) electrons. The number of ether oxygens (including phenoxy) is 2. The number of unbranched alkanes of at least 4 members (excludes halogenated alkanes) is 5. The van der Waals surface area contributed by atoms with Gasteiger partial charge in [0.2, 0.25) is 0 Å². The Bertz CT molecular complexity index is 468. The molecule has 0 fully saturated rings. The molecule has 1 aromatic carbocycles. The van der Waals surface area contributed by atoms with Crippen molar-refractivity contribution in [2.75, 3.05) is 13.7 Å². The van der Waals surface area contributed by atoms with Crippen LogP contribution in [0.1, 0.15) is 61.4 Å². The fourth-order valence-corrected chi connectivity index (χ4v) is 2.26. The molecule has 0 N–H and O–H groups in total. The molecule has 122 valence electrons. The molecular weight excluding hydrogens is 280 g/mol. The van der Waals surface area contributed by atoms with E-state index in [1.54, 1.807) is 24.3 Å². The predicted octanol–water partition coefficient (Wildman–Crippen LogP) is 3.92. The van der Waals surface area contributed by atoms with E-state index in [1.807, 2.05) is 0 Å². The number of carbonyl (C=O) groups is 2. The van der Waals surface area contributed by atoms with Crippen LogP contribution in [-0.4, -0.2) is 25.7 Å². The summed E-state index contributed by atoms with van der Waals surface area (Å²) in [6.07, 6.45) is 7.02. The molecule has 0 amide bonds. The Hall–Kier alpha value is -1.84. The Labute approximate surface area is 132 Å². The molecule has 0 saturated heterocycles. The molecule has 0 heterocycles. The van der Waals surface area contributed by atoms with Gasteiger partial charge >= 0.3 is 11.9 Å². The van der Waals surface area contributed by atoms with E-state index >= 15 is 0 Å². The molecule has 0 aromatic heterocycles. The van der Waals surface area contributed by atoms with Crippen molar-refractivity contribution in [1.29, 1.82) is 0 Å². The number of rotatable bonds is 10. The highest BCUT2D eigenvalue weighted by Crippen LogP contribution is 2.12. The van der Waals surface area contributed by atoms with E-state index in [0.717, 1.165) is 12.8 Å². The predicted molar refractivity (Wildman–Crippen MR) is 85.8 cm³/mol. The van der Waals surface area contributed by atoms with Gasteiger partial charge in [-0.1, -0.05) is 57.2 Å². The van der Waals surface area contributed by atoms with Crippen molar-refractivity contribution in [2.24, 2.45) is 0 Å². The summed E-state index contributed by atoms with van der Waals surface area (Å²) in [7, 11) is 1.33. The van der Waals surface area contributed by atoms with Gasteiger partial charge in [-0.25, -0.2) is 4.79 Å². The summed E-state index contributed by atoms with van der Waals surface area (Å²) < 4.78 is 9.94. The van der Waals surface area contributed by atoms with Gasteiger partial charge in [-0.3, -0.25) is 4.79 Å². The van der Waals surface area contributed by atoms with E-state index in [1.165, 1.54) is 32.8 Å². The Morgan fingerprint density at radius 2 is 1.68 bits per heavy atom. The second kappa shape index (κ2) is 10.8. The maximum Gasteiger partial charge on any atom is 0.338 e. The fourth-order valence-electron chi connectivity index (χ4n) is 2.26. The van der Waals surface area contributed by atoms with Crippen LogP contribution in [0, 0.1) is 0 Å². The Balaban J connectivity index is 2.32. The number of methoxy groups -OCH3 is 1. The molecule has 0 aliphatic rings. The lowest BCUT2D eigenvalue weighted by Crippen LogP contribution is -2.13. The van der Waals surface area contributed by atoms with E-state index in [-0.39, 0.29) is 12.4 Å². The summed E-state index contributed by atoms with van der Waals surface area (Å²) >= 11 is 0. The second-order valence-corrected chi connectivity index (χ2v) is 5.31. The van der Waals surface area contributed by atoms with Gasteiger partial charge in [0, 0.05) is 0 Å². The van der Waals surface area contributed by atoms with Crippen LogP contribution in [0.4, 0.5) is 0 Å². The summed E-state index contributed by atoms with van der Waals surface area (Å²) in [5, 5.41) is 0. The Morgan fingerprint density at radius 1 is 1.00 bits per heavy atom. The van der Waals surface area contributed by atoms with Crippen molar-refractivity contribution in [3.63, 3.8) is 0 Å². The highest BCUT2D eigenvalue weighted by atomic mass is 16.5. The first-order valence-electron chi connectivity index (χ1n) is 8.00. The van der Waals surface area contributed by atoms with Crippen molar-refractivity contribution in [3.8, 4) is 0 Å². The quantitative estimate of drug-likeness (QED) is 0.485. The monoisotopic (exact) mass is 306 g/mol. The minimum atomic E-state index is -0.431. The second-order valence-electron chi connectivity index (χ2n) is 5.31. The molecule has 0 saturated carbocycles. The third-order valence-corrected chi connectivity index (χ3v) is 3.52. The molecule has 4 heteroatoms. The maximum atomic E-state index is 11.8. The zero-order valence-electron chi connectivity index (χ0n) is 13.6. The van der Waals surface area contributed by atoms with E-state index < -0.39 is 5.97 Å². The van der Waals surface area contributed by atoms with E-state index in [0.29, 0.717) is 17.7 Å². The first-order valence-corrected chi connectivity index (χ1v) is 8.00. The number of esters is 2. The van der Waals surface area contributed by atoms with Crippen LogP contribution in [0.5, 0.6) is 0 Å². The minimum Gasteiger partial charge on any atom is -0.465 e. The third-order valence-electron chi connectivity index (χ3n) is 3.52. The number of benzene rings is 1. The van der Waals surface area contributed by atoms with Crippen molar-refractivity contribution >= 4 is 11.9 Å². The fraction of sp³-hybridized carbons (Fsp3) is 0.556. The Morgan fingerprint density at radius 3 is 2.41 bits per heavy atom. The van der Waals surface area contributed by atoms with Gasteiger partial charge in [0.15, 0.2) is 0 Å². The summed E-state index contributed by atoms with van der Waals surface area (Å²) in [6, 6.07) is 6.95. The van der Waals surface area contributed by atoms with Crippen molar-refractivity contribution < 1.29 is 19.1 Å². The van der Waals surface area contributed by atoms with E-state index in [4.69, 9.17) is 9.47 Å². The molecule has 22 heavy (non-hydrogen) atoms. The lowest BCUT2D eigenvalue weighted by atomic mass is 10.0. The van der Waals surface area contributed by atoms with Crippen LogP contribution in [-0.2, 0) is 20.7 Å². The first-order chi connectivity index (χ1) is 10.7. The van der Waals surface area contributed by atoms with Gasteiger partial charge in [0.05, 0.1) is 25.7 Å². The highest BCUT2D eigenvalue weighted by Gasteiger charge is 2.14. The topological polar surface area (TPSA) is 52.6 Å². The van der Waals surface area contributed by atoms with E-state index in [2.05, 4.69) is 6.92 Å². The van der Waals surface area contributed by atoms with Gasteiger partial charge in [0.25, 0.3) is 0 Å². The maximum absolute atomic E-state index is 11.8. The van der Waals surface area contributed by atoms with Crippen molar-refractivity contribution in [2.45, 2.75) is 51.9 Å². The molecule has 0 unspecified atom stereocenters. The van der Waals surface area contributed by atoms with Crippen LogP contribution in [0.25, 0.3) is 0 Å². The Kier molecular flexibility index (Phi) is 8.96. The average molecular weight is 306 g/mol. The zero-order chi connectivity index (χ0) is 16.2. The smallest absolute Gasteiger partial charge is 0.338 e. The molecule has 0 bridgehead atoms. The normalized spacial score (nSPS) is 10.3.